The molecule has 0 aromatic heterocycles. The van der Waals surface area contributed by atoms with Crippen LogP contribution in [0, 0.1) is 17.8 Å². The van der Waals surface area contributed by atoms with E-state index in [1.165, 1.54) is 0 Å². The van der Waals surface area contributed by atoms with Crippen LogP contribution >= 0.6 is 0 Å². The van der Waals surface area contributed by atoms with Gasteiger partial charge < -0.3 is 10.4 Å². The highest BCUT2D eigenvalue weighted by atomic mass is 32.2. The fraction of sp³-hybridized carbons (Fsp3) is 0.842. The summed E-state index contributed by atoms with van der Waals surface area (Å²) < 4.78 is 24.3. The Hall–Kier alpha value is -0.880. The number of carbonyl (C=O) groups is 1. The zero-order chi connectivity index (χ0) is 18.7. The van der Waals surface area contributed by atoms with E-state index in [0.29, 0.717) is 31.6 Å². The summed E-state index contributed by atoms with van der Waals surface area (Å²) >= 11 is 0. The Labute approximate surface area is 152 Å². The molecule has 2 aliphatic rings. The molecule has 144 valence electrons. The first-order chi connectivity index (χ1) is 11.7. The highest BCUT2D eigenvalue weighted by Gasteiger charge is 2.56. The van der Waals surface area contributed by atoms with E-state index >= 15 is 0 Å². The van der Waals surface area contributed by atoms with Gasteiger partial charge in [-0.15, -0.1) is 6.58 Å². The van der Waals surface area contributed by atoms with Crippen molar-refractivity contribution in [3.8, 4) is 0 Å². The summed E-state index contributed by atoms with van der Waals surface area (Å²) in [4.78, 5) is 12.7. The van der Waals surface area contributed by atoms with Crippen LogP contribution in [0.3, 0.4) is 0 Å². The molecule has 0 radical (unpaired) electrons. The summed E-state index contributed by atoms with van der Waals surface area (Å²) in [5.41, 5.74) is 0. The maximum Gasteiger partial charge on any atom is 0.223 e. The number of hydrogen-bond acceptors (Lipinski definition) is 4. The summed E-state index contributed by atoms with van der Waals surface area (Å²) in [5, 5.41) is 12.4. The van der Waals surface area contributed by atoms with Crippen molar-refractivity contribution in [2.75, 3.05) is 12.4 Å². The summed E-state index contributed by atoms with van der Waals surface area (Å²) in [5.74, 6) is 0.672. The molecule has 0 aromatic carbocycles. The number of amides is 1. The number of carbonyl (C=O) groups excluding carboxylic acids is 1. The van der Waals surface area contributed by atoms with Gasteiger partial charge in [-0.2, -0.15) is 0 Å². The van der Waals surface area contributed by atoms with Gasteiger partial charge in [0.25, 0.3) is 0 Å². The number of sulfone groups is 1. The van der Waals surface area contributed by atoms with Gasteiger partial charge in [0.2, 0.25) is 5.91 Å². The Balaban J connectivity index is 1.99. The first-order valence-corrected chi connectivity index (χ1v) is 11.1. The second-order valence-corrected chi connectivity index (χ2v) is 10.9. The molecular formula is C19H33NO4S. The predicted octanol–water partition coefficient (Wildman–Crippen LogP) is 2.45. The van der Waals surface area contributed by atoms with Crippen molar-refractivity contribution in [1.29, 1.82) is 0 Å². The molecule has 0 aromatic rings. The Morgan fingerprint density at radius 1 is 1.36 bits per heavy atom. The molecule has 1 amide bonds. The largest absolute Gasteiger partial charge is 0.396 e. The van der Waals surface area contributed by atoms with Crippen LogP contribution in [-0.2, 0) is 14.6 Å². The fourth-order valence-corrected chi connectivity index (χ4v) is 6.88. The maximum atomic E-state index is 12.7. The summed E-state index contributed by atoms with van der Waals surface area (Å²) in [6.07, 6.45) is 6.33. The molecule has 1 spiro atoms. The van der Waals surface area contributed by atoms with Crippen molar-refractivity contribution in [1.82, 2.24) is 5.32 Å². The van der Waals surface area contributed by atoms with Gasteiger partial charge in [-0.1, -0.05) is 19.9 Å². The number of rotatable bonds is 8. The molecular weight excluding hydrogens is 338 g/mol. The third-order valence-electron chi connectivity index (χ3n) is 5.79. The normalized spacial score (nSPS) is 32.2. The first kappa shape index (κ1) is 20.4. The Morgan fingerprint density at radius 2 is 2.04 bits per heavy atom. The Bertz CT molecular complexity index is 578. The lowest BCUT2D eigenvalue weighted by atomic mass is 9.71. The monoisotopic (exact) mass is 371 g/mol. The van der Waals surface area contributed by atoms with Crippen molar-refractivity contribution in [2.24, 2.45) is 17.8 Å². The predicted molar refractivity (Wildman–Crippen MR) is 99.9 cm³/mol. The number of nitrogens with one attached hydrogen (secondary N) is 1. The molecule has 25 heavy (non-hydrogen) atoms. The zero-order valence-corrected chi connectivity index (χ0v) is 16.4. The minimum Gasteiger partial charge on any atom is -0.396 e. The van der Waals surface area contributed by atoms with Crippen LogP contribution in [0.25, 0.3) is 0 Å². The van der Waals surface area contributed by atoms with E-state index < -0.39 is 14.6 Å². The lowest BCUT2D eigenvalue weighted by Gasteiger charge is -2.50. The average Bonchev–Trinajstić information content (AvgIpc) is 2.50. The molecule has 2 atom stereocenters. The molecule has 5 nitrogen and oxygen atoms in total. The van der Waals surface area contributed by atoms with Crippen LogP contribution < -0.4 is 5.32 Å². The van der Waals surface area contributed by atoms with Crippen LogP contribution in [0.5, 0.6) is 0 Å². The molecule has 6 heteroatoms. The quantitative estimate of drug-likeness (QED) is 0.642. The van der Waals surface area contributed by atoms with Crippen LogP contribution in [0.4, 0.5) is 0 Å². The fourth-order valence-electron chi connectivity index (χ4n) is 4.42. The van der Waals surface area contributed by atoms with Crippen molar-refractivity contribution < 1.29 is 18.3 Å². The smallest absolute Gasteiger partial charge is 0.223 e. The van der Waals surface area contributed by atoms with Crippen molar-refractivity contribution in [2.45, 2.75) is 69.6 Å². The summed E-state index contributed by atoms with van der Waals surface area (Å²) in [7, 11) is -3.13. The Kier molecular flexibility index (Phi) is 6.71. The number of hydrogen-bond donors (Lipinski definition) is 2. The lowest BCUT2D eigenvalue weighted by Crippen LogP contribution is -2.59. The molecule has 1 saturated carbocycles. The van der Waals surface area contributed by atoms with Gasteiger partial charge in [0.15, 0.2) is 9.84 Å². The second-order valence-electron chi connectivity index (χ2n) is 8.35. The minimum atomic E-state index is -3.13. The molecule has 1 aliphatic carbocycles. The molecule has 2 rings (SSSR count). The van der Waals surface area contributed by atoms with Crippen LogP contribution in [0.15, 0.2) is 12.7 Å². The minimum absolute atomic E-state index is 0.0425. The zero-order valence-electron chi connectivity index (χ0n) is 15.5. The summed E-state index contributed by atoms with van der Waals surface area (Å²) in [6, 6.07) is -0.0749. The van der Waals surface area contributed by atoms with E-state index in [1.54, 1.807) is 0 Å². The van der Waals surface area contributed by atoms with Crippen LogP contribution in [0.1, 0.15) is 58.8 Å². The lowest BCUT2D eigenvalue weighted by molar-refractivity contribution is -0.126. The maximum absolute atomic E-state index is 12.7. The average molecular weight is 372 g/mol. The highest BCUT2D eigenvalue weighted by Crippen LogP contribution is 2.49. The van der Waals surface area contributed by atoms with Gasteiger partial charge in [0, 0.05) is 18.6 Å². The van der Waals surface area contributed by atoms with E-state index in [0.717, 1.165) is 19.3 Å². The molecule has 1 heterocycles. The molecule has 2 fully saturated rings. The number of aliphatic hydroxyl groups excluding tert-OH is 1. The van der Waals surface area contributed by atoms with Crippen molar-refractivity contribution in [3.63, 3.8) is 0 Å². The van der Waals surface area contributed by atoms with Crippen molar-refractivity contribution >= 4 is 15.7 Å². The molecule has 1 aliphatic heterocycles. The van der Waals surface area contributed by atoms with Gasteiger partial charge in [0.1, 0.15) is 0 Å². The highest BCUT2D eigenvalue weighted by molar-refractivity contribution is 7.92. The number of aliphatic hydroxyl groups is 1. The third kappa shape index (κ3) is 4.64. The topological polar surface area (TPSA) is 83.5 Å². The Morgan fingerprint density at radius 3 is 2.60 bits per heavy atom. The van der Waals surface area contributed by atoms with Gasteiger partial charge >= 0.3 is 0 Å². The van der Waals surface area contributed by atoms with E-state index in [2.05, 4.69) is 25.7 Å². The van der Waals surface area contributed by atoms with Crippen LogP contribution in [-0.4, -0.2) is 42.6 Å². The molecule has 1 saturated heterocycles. The van der Waals surface area contributed by atoms with Gasteiger partial charge in [0.05, 0.1) is 10.5 Å². The van der Waals surface area contributed by atoms with Crippen molar-refractivity contribution in [3.05, 3.63) is 12.7 Å². The van der Waals surface area contributed by atoms with E-state index in [-0.39, 0.29) is 36.1 Å². The molecule has 2 N–H and O–H groups in total. The van der Waals surface area contributed by atoms with Gasteiger partial charge in [-0.25, -0.2) is 8.42 Å². The molecule has 2 unspecified atom stereocenters. The second kappa shape index (κ2) is 8.21. The van der Waals surface area contributed by atoms with E-state index in [1.807, 2.05) is 6.08 Å². The summed E-state index contributed by atoms with van der Waals surface area (Å²) in [6.45, 7) is 8.01. The van der Waals surface area contributed by atoms with Gasteiger partial charge in [-0.05, 0) is 56.8 Å². The van der Waals surface area contributed by atoms with E-state index in [9.17, 15) is 18.3 Å². The molecule has 0 bridgehead atoms. The first-order valence-electron chi connectivity index (χ1n) is 9.47. The SMILES string of the molecule is C=CCCC(CC(C)C)C(=O)NC1CCS(=O)(=O)C2(CC(CO)C2)C1. The van der Waals surface area contributed by atoms with E-state index in [4.69, 9.17) is 0 Å². The number of allylic oxidation sites excluding steroid dienone is 1. The van der Waals surface area contributed by atoms with Gasteiger partial charge in [-0.3, -0.25) is 4.79 Å². The third-order valence-corrected chi connectivity index (χ3v) is 8.38. The van der Waals surface area contributed by atoms with Crippen LogP contribution in [0.2, 0.25) is 0 Å². The standard InChI is InChI=1S/C19H33NO4S/c1-4-5-6-16(9-14(2)3)18(22)20-17-7-8-25(23,24)19(12-17)10-15(11-19)13-21/h4,14-17,21H,1,5-13H2,2-3H3,(H,20,22).